The van der Waals surface area contributed by atoms with Gasteiger partial charge < -0.3 is 0 Å². The molecule has 0 aliphatic carbocycles. The van der Waals surface area contributed by atoms with E-state index in [9.17, 15) is 12.8 Å². The SMILES string of the molecule is Cc1cn[nH]c1C[C@H]1CCCN(S(=O)(=O)c2cccc(F)c2)C1. The number of nitrogens with zero attached hydrogens (tertiary/aromatic N) is 2. The molecular weight excluding hydrogens is 317 g/mol. The second-order valence-electron chi connectivity index (χ2n) is 6.06. The molecule has 0 unspecified atom stereocenters. The van der Waals surface area contributed by atoms with E-state index in [0.29, 0.717) is 13.1 Å². The van der Waals surface area contributed by atoms with Crippen LogP contribution >= 0.6 is 0 Å². The van der Waals surface area contributed by atoms with Crippen LogP contribution in [-0.4, -0.2) is 36.0 Å². The van der Waals surface area contributed by atoms with E-state index in [1.54, 1.807) is 6.20 Å². The van der Waals surface area contributed by atoms with Crippen LogP contribution in [0.2, 0.25) is 0 Å². The Morgan fingerprint density at radius 1 is 1.43 bits per heavy atom. The average molecular weight is 337 g/mol. The summed E-state index contributed by atoms with van der Waals surface area (Å²) >= 11 is 0. The summed E-state index contributed by atoms with van der Waals surface area (Å²) in [4.78, 5) is 0.0240. The lowest BCUT2D eigenvalue weighted by Crippen LogP contribution is -2.40. The highest BCUT2D eigenvalue weighted by molar-refractivity contribution is 7.89. The Morgan fingerprint density at radius 2 is 2.26 bits per heavy atom. The van der Waals surface area contributed by atoms with Crippen LogP contribution in [0.5, 0.6) is 0 Å². The zero-order valence-electron chi connectivity index (χ0n) is 13.0. The highest BCUT2D eigenvalue weighted by Gasteiger charge is 2.30. The molecule has 1 fully saturated rings. The van der Waals surface area contributed by atoms with Gasteiger partial charge in [-0.3, -0.25) is 5.10 Å². The number of halogens is 1. The fraction of sp³-hybridized carbons (Fsp3) is 0.438. The zero-order chi connectivity index (χ0) is 16.4. The normalized spacial score (nSPS) is 19.8. The highest BCUT2D eigenvalue weighted by Crippen LogP contribution is 2.26. The maximum Gasteiger partial charge on any atom is 0.243 e. The molecule has 23 heavy (non-hydrogen) atoms. The molecule has 124 valence electrons. The first-order chi connectivity index (χ1) is 11.0. The van der Waals surface area contributed by atoms with Gasteiger partial charge in [-0.15, -0.1) is 0 Å². The molecule has 2 aromatic rings. The lowest BCUT2D eigenvalue weighted by Gasteiger charge is -2.31. The molecule has 7 heteroatoms. The molecule has 1 aromatic carbocycles. The van der Waals surface area contributed by atoms with Gasteiger partial charge in [-0.05, 0) is 55.9 Å². The van der Waals surface area contributed by atoms with Crippen molar-refractivity contribution in [3.05, 3.63) is 47.5 Å². The average Bonchev–Trinajstić information content (AvgIpc) is 2.93. The van der Waals surface area contributed by atoms with Crippen molar-refractivity contribution in [1.29, 1.82) is 0 Å². The number of nitrogens with one attached hydrogen (secondary N) is 1. The van der Waals surface area contributed by atoms with Gasteiger partial charge in [0.05, 0.1) is 11.1 Å². The summed E-state index contributed by atoms with van der Waals surface area (Å²) in [5.41, 5.74) is 2.15. The quantitative estimate of drug-likeness (QED) is 0.932. The lowest BCUT2D eigenvalue weighted by atomic mass is 9.94. The third-order valence-corrected chi connectivity index (χ3v) is 6.20. The van der Waals surface area contributed by atoms with Gasteiger partial charge in [-0.1, -0.05) is 6.07 Å². The summed E-state index contributed by atoms with van der Waals surface area (Å²) in [6, 6.07) is 5.20. The summed E-state index contributed by atoms with van der Waals surface area (Å²) in [7, 11) is -3.64. The van der Waals surface area contributed by atoms with Crippen LogP contribution in [0.25, 0.3) is 0 Å². The van der Waals surface area contributed by atoms with E-state index in [-0.39, 0.29) is 10.8 Å². The second-order valence-corrected chi connectivity index (χ2v) is 8.00. The van der Waals surface area contributed by atoms with Crippen molar-refractivity contribution in [2.24, 2.45) is 5.92 Å². The Bertz CT molecular complexity index is 788. The van der Waals surface area contributed by atoms with E-state index < -0.39 is 15.8 Å². The summed E-state index contributed by atoms with van der Waals surface area (Å²) in [5.74, 6) is -0.293. The third kappa shape index (κ3) is 3.45. The minimum absolute atomic E-state index is 0.0240. The van der Waals surface area contributed by atoms with Crippen molar-refractivity contribution in [3.63, 3.8) is 0 Å². The molecule has 1 aliphatic rings. The lowest BCUT2D eigenvalue weighted by molar-refractivity contribution is 0.264. The number of aromatic nitrogens is 2. The number of aryl methyl sites for hydroxylation is 1. The van der Waals surface area contributed by atoms with Gasteiger partial charge in [0.15, 0.2) is 0 Å². The molecule has 3 rings (SSSR count). The third-order valence-electron chi connectivity index (χ3n) is 4.34. The molecule has 1 aromatic heterocycles. The number of piperidine rings is 1. The van der Waals surface area contributed by atoms with E-state index >= 15 is 0 Å². The predicted molar refractivity (Wildman–Crippen MR) is 84.9 cm³/mol. The molecular formula is C16H20FN3O2S. The van der Waals surface area contributed by atoms with Crippen molar-refractivity contribution in [3.8, 4) is 0 Å². The maximum absolute atomic E-state index is 13.3. The number of aromatic amines is 1. The van der Waals surface area contributed by atoms with Crippen molar-refractivity contribution >= 4 is 10.0 Å². The van der Waals surface area contributed by atoms with Crippen LogP contribution in [0.3, 0.4) is 0 Å². The van der Waals surface area contributed by atoms with Crippen LogP contribution in [0.1, 0.15) is 24.1 Å². The molecule has 5 nitrogen and oxygen atoms in total. The highest BCUT2D eigenvalue weighted by atomic mass is 32.2. The number of benzene rings is 1. The molecule has 0 bridgehead atoms. The van der Waals surface area contributed by atoms with Crippen LogP contribution in [0.4, 0.5) is 4.39 Å². The van der Waals surface area contributed by atoms with Gasteiger partial charge in [0.1, 0.15) is 5.82 Å². The number of sulfonamides is 1. The molecule has 1 atom stereocenters. The van der Waals surface area contributed by atoms with E-state index in [0.717, 1.165) is 36.6 Å². The van der Waals surface area contributed by atoms with E-state index in [1.807, 2.05) is 6.92 Å². The van der Waals surface area contributed by atoms with Crippen molar-refractivity contribution in [2.45, 2.75) is 31.1 Å². The van der Waals surface area contributed by atoms with Crippen LogP contribution in [0, 0.1) is 18.7 Å². The van der Waals surface area contributed by atoms with Crippen molar-refractivity contribution < 1.29 is 12.8 Å². The van der Waals surface area contributed by atoms with Crippen molar-refractivity contribution in [1.82, 2.24) is 14.5 Å². The fourth-order valence-electron chi connectivity index (χ4n) is 3.06. The Balaban J connectivity index is 1.76. The molecule has 1 saturated heterocycles. The summed E-state index contributed by atoms with van der Waals surface area (Å²) < 4.78 is 40.2. The Hall–Kier alpha value is -1.73. The predicted octanol–water partition coefficient (Wildman–Crippen LogP) is 2.50. The first-order valence-corrected chi connectivity index (χ1v) is 9.15. The van der Waals surface area contributed by atoms with Gasteiger partial charge in [-0.2, -0.15) is 9.40 Å². The minimum atomic E-state index is -3.64. The molecule has 1 N–H and O–H groups in total. The molecule has 0 radical (unpaired) electrons. The minimum Gasteiger partial charge on any atom is -0.282 e. The van der Waals surface area contributed by atoms with Gasteiger partial charge in [0.25, 0.3) is 0 Å². The van der Waals surface area contributed by atoms with Gasteiger partial charge >= 0.3 is 0 Å². The summed E-state index contributed by atoms with van der Waals surface area (Å²) in [6.07, 6.45) is 4.35. The molecule has 1 aliphatic heterocycles. The standard InChI is InChI=1S/C16H20FN3O2S/c1-12-10-18-19-16(12)8-13-4-3-7-20(11-13)23(21,22)15-6-2-5-14(17)9-15/h2,5-6,9-10,13H,3-4,7-8,11H2,1H3,(H,18,19)/t13-/m1/s1. The van der Waals surface area contributed by atoms with Crippen LogP contribution in [0.15, 0.2) is 35.4 Å². The van der Waals surface area contributed by atoms with Gasteiger partial charge in [-0.25, -0.2) is 12.8 Å². The molecule has 2 heterocycles. The number of rotatable bonds is 4. The maximum atomic E-state index is 13.3. The summed E-state index contributed by atoms with van der Waals surface area (Å²) in [6.45, 7) is 2.93. The Kier molecular flexibility index (Phi) is 4.50. The fourth-order valence-corrected chi connectivity index (χ4v) is 4.64. The van der Waals surface area contributed by atoms with Gasteiger partial charge in [0, 0.05) is 18.8 Å². The van der Waals surface area contributed by atoms with Gasteiger partial charge in [0.2, 0.25) is 10.0 Å². The first-order valence-electron chi connectivity index (χ1n) is 7.71. The molecule has 0 spiro atoms. The van der Waals surface area contributed by atoms with E-state index in [2.05, 4.69) is 10.2 Å². The summed E-state index contributed by atoms with van der Waals surface area (Å²) in [5, 5.41) is 6.99. The van der Waals surface area contributed by atoms with Crippen molar-refractivity contribution in [2.75, 3.05) is 13.1 Å². The van der Waals surface area contributed by atoms with E-state index in [1.165, 1.54) is 22.5 Å². The number of H-pyrrole nitrogens is 1. The first kappa shape index (κ1) is 16.1. The molecule has 0 saturated carbocycles. The van der Waals surface area contributed by atoms with Crippen LogP contribution < -0.4 is 0 Å². The zero-order valence-corrected chi connectivity index (χ0v) is 13.8. The smallest absolute Gasteiger partial charge is 0.243 e. The Morgan fingerprint density at radius 3 is 2.96 bits per heavy atom. The second kappa shape index (κ2) is 6.41. The topological polar surface area (TPSA) is 66.1 Å². The van der Waals surface area contributed by atoms with Crippen LogP contribution in [-0.2, 0) is 16.4 Å². The van der Waals surface area contributed by atoms with E-state index in [4.69, 9.17) is 0 Å². The Labute approximate surface area is 135 Å². The monoisotopic (exact) mass is 337 g/mol. The molecule has 0 amide bonds. The number of hydrogen-bond acceptors (Lipinski definition) is 3. The number of hydrogen-bond donors (Lipinski definition) is 1. The largest absolute Gasteiger partial charge is 0.282 e.